The monoisotopic (exact) mass is 337 g/mol. The van der Waals surface area contributed by atoms with Gasteiger partial charge in [-0.25, -0.2) is 0 Å². The Morgan fingerprint density at radius 1 is 1.30 bits per heavy atom. The Kier molecular flexibility index (Phi) is 4.37. The summed E-state index contributed by atoms with van der Waals surface area (Å²) in [6.45, 7) is 5.41. The molecule has 2 nitrogen and oxygen atoms in total. The van der Waals surface area contributed by atoms with Crippen molar-refractivity contribution in [3.8, 4) is 5.75 Å². The third-order valence-electron chi connectivity index (χ3n) is 5.16. The molecule has 0 unspecified atom stereocenters. The molecule has 1 heterocycles. The van der Waals surface area contributed by atoms with Crippen LogP contribution in [0.4, 0.5) is 0 Å². The van der Waals surface area contributed by atoms with Crippen molar-refractivity contribution >= 4 is 15.9 Å². The van der Waals surface area contributed by atoms with E-state index < -0.39 is 0 Å². The van der Waals surface area contributed by atoms with Crippen LogP contribution < -0.4 is 10.1 Å². The highest BCUT2D eigenvalue weighted by Gasteiger charge is 2.39. The van der Waals surface area contributed by atoms with Gasteiger partial charge in [0, 0.05) is 10.0 Å². The fraction of sp³-hybridized carbons (Fsp3) is 0.647. The van der Waals surface area contributed by atoms with Crippen LogP contribution >= 0.6 is 15.9 Å². The van der Waals surface area contributed by atoms with Gasteiger partial charge < -0.3 is 10.1 Å². The van der Waals surface area contributed by atoms with Gasteiger partial charge in [0.25, 0.3) is 0 Å². The largest absolute Gasteiger partial charge is 0.493 e. The van der Waals surface area contributed by atoms with Crippen LogP contribution in [0, 0.1) is 18.3 Å². The summed E-state index contributed by atoms with van der Waals surface area (Å²) in [7, 11) is 0. The molecule has 0 amide bonds. The van der Waals surface area contributed by atoms with Crippen molar-refractivity contribution in [1.82, 2.24) is 5.32 Å². The van der Waals surface area contributed by atoms with E-state index in [0.29, 0.717) is 5.41 Å². The number of hydrogen-bond acceptors (Lipinski definition) is 2. The maximum atomic E-state index is 6.09. The van der Waals surface area contributed by atoms with Gasteiger partial charge in [-0.2, -0.15) is 0 Å². The van der Waals surface area contributed by atoms with E-state index in [9.17, 15) is 0 Å². The van der Waals surface area contributed by atoms with Crippen LogP contribution in [0.1, 0.15) is 37.7 Å². The molecule has 20 heavy (non-hydrogen) atoms. The number of piperidine rings is 1. The third kappa shape index (κ3) is 3.04. The van der Waals surface area contributed by atoms with E-state index in [-0.39, 0.29) is 0 Å². The summed E-state index contributed by atoms with van der Waals surface area (Å²) < 4.78 is 7.23. The Hall–Kier alpha value is -0.540. The maximum absolute atomic E-state index is 6.09. The Labute approximate surface area is 130 Å². The Morgan fingerprint density at radius 3 is 2.90 bits per heavy atom. The molecule has 1 N–H and O–H groups in total. The lowest BCUT2D eigenvalue weighted by Gasteiger charge is -2.34. The Morgan fingerprint density at radius 2 is 2.10 bits per heavy atom. The van der Waals surface area contributed by atoms with Gasteiger partial charge in [-0.1, -0.05) is 22.0 Å². The van der Waals surface area contributed by atoms with Gasteiger partial charge in [0.15, 0.2) is 0 Å². The van der Waals surface area contributed by atoms with Crippen molar-refractivity contribution < 1.29 is 4.74 Å². The summed E-state index contributed by atoms with van der Waals surface area (Å²) in [5.41, 5.74) is 1.84. The molecule has 1 atom stereocenters. The Bertz CT molecular complexity index is 468. The minimum absolute atomic E-state index is 0.631. The third-order valence-corrected chi connectivity index (χ3v) is 6.02. The van der Waals surface area contributed by atoms with Crippen molar-refractivity contribution in [2.24, 2.45) is 11.3 Å². The molecule has 0 bridgehead atoms. The summed E-state index contributed by atoms with van der Waals surface area (Å²) >= 11 is 3.57. The van der Waals surface area contributed by atoms with Crippen LogP contribution in [0.5, 0.6) is 5.75 Å². The molecule has 1 saturated carbocycles. The second-order valence-electron chi connectivity index (χ2n) is 6.53. The number of rotatable bonds is 3. The second-order valence-corrected chi connectivity index (χ2v) is 7.39. The van der Waals surface area contributed by atoms with Crippen LogP contribution in [0.2, 0.25) is 0 Å². The van der Waals surface area contributed by atoms with E-state index in [4.69, 9.17) is 4.74 Å². The van der Waals surface area contributed by atoms with Gasteiger partial charge in [-0.05, 0) is 75.6 Å². The zero-order valence-electron chi connectivity index (χ0n) is 12.3. The number of benzene rings is 1. The number of halogens is 1. The summed E-state index contributed by atoms with van der Waals surface area (Å²) in [5.74, 6) is 1.78. The van der Waals surface area contributed by atoms with Gasteiger partial charge in [-0.15, -0.1) is 0 Å². The first kappa shape index (κ1) is 14.4. The lowest BCUT2D eigenvalue weighted by atomic mass is 9.77. The number of nitrogens with one attached hydrogen (secondary N) is 1. The number of ether oxygens (including phenoxy) is 1. The average molecular weight is 338 g/mol. The molecule has 1 spiro atoms. The summed E-state index contributed by atoms with van der Waals surface area (Å²) in [4.78, 5) is 0. The SMILES string of the molecule is Cc1c(Br)cccc1OC[C@H]1CCC2(CCNCC2)C1. The molecule has 2 fully saturated rings. The predicted molar refractivity (Wildman–Crippen MR) is 86.3 cm³/mol. The van der Waals surface area contributed by atoms with E-state index >= 15 is 0 Å². The van der Waals surface area contributed by atoms with Crippen LogP contribution in [0.3, 0.4) is 0 Å². The van der Waals surface area contributed by atoms with E-state index in [0.717, 1.165) is 22.7 Å². The topological polar surface area (TPSA) is 21.3 Å². The molecule has 1 aliphatic carbocycles. The van der Waals surface area contributed by atoms with E-state index in [1.807, 2.05) is 0 Å². The average Bonchev–Trinajstić information content (AvgIpc) is 2.84. The molecule has 2 aliphatic rings. The van der Waals surface area contributed by atoms with Gasteiger partial charge in [0.2, 0.25) is 0 Å². The lowest BCUT2D eigenvalue weighted by Crippen LogP contribution is -2.35. The van der Waals surface area contributed by atoms with Crippen LogP contribution in [0.25, 0.3) is 0 Å². The molecular weight excluding hydrogens is 314 g/mol. The highest BCUT2D eigenvalue weighted by molar-refractivity contribution is 9.10. The first-order valence-corrected chi connectivity index (χ1v) is 8.56. The zero-order valence-corrected chi connectivity index (χ0v) is 13.8. The minimum atomic E-state index is 0.631. The minimum Gasteiger partial charge on any atom is -0.493 e. The molecule has 1 saturated heterocycles. The van der Waals surface area contributed by atoms with Crippen molar-refractivity contribution in [2.45, 2.75) is 39.0 Å². The number of hydrogen-bond donors (Lipinski definition) is 1. The molecule has 3 heteroatoms. The molecular formula is C17H24BrNO. The van der Waals surface area contributed by atoms with Crippen molar-refractivity contribution in [3.05, 3.63) is 28.2 Å². The second kappa shape index (κ2) is 6.07. The quantitative estimate of drug-likeness (QED) is 0.887. The van der Waals surface area contributed by atoms with Crippen LogP contribution in [0.15, 0.2) is 22.7 Å². The standard InChI is InChI=1S/C17H24BrNO/c1-13-15(18)3-2-4-16(13)20-12-14-5-6-17(11-14)7-9-19-10-8-17/h2-4,14,19H,5-12H2,1H3/t14-/m0/s1. The molecule has 1 aliphatic heterocycles. The van der Waals surface area contributed by atoms with Gasteiger partial charge in [0.1, 0.15) is 5.75 Å². The normalized spacial score (nSPS) is 25.0. The highest BCUT2D eigenvalue weighted by Crippen LogP contribution is 2.47. The summed E-state index contributed by atoms with van der Waals surface area (Å²) in [5, 5.41) is 3.49. The highest BCUT2D eigenvalue weighted by atomic mass is 79.9. The molecule has 110 valence electrons. The maximum Gasteiger partial charge on any atom is 0.123 e. The smallest absolute Gasteiger partial charge is 0.123 e. The van der Waals surface area contributed by atoms with Crippen molar-refractivity contribution in [1.29, 1.82) is 0 Å². The van der Waals surface area contributed by atoms with Crippen LogP contribution in [-0.4, -0.2) is 19.7 Å². The molecule has 0 aromatic heterocycles. The molecule has 1 aromatic carbocycles. The van der Waals surface area contributed by atoms with Crippen molar-refractivity contribution in [3.63, 3.8) is 0 Å². The zero-order chi connectivity index (χ0) is 14.0. The summed E-state index contributed by atoms with van der Waals surface area (Å²) in [6.07, 6.45) is 6.83. The molecule has 0 radical (unpaired) electrons. The fourth-order valence-corrected chi connectivity index (χ4v) is 4.18. The fourth-order valence-electron chi connectivity index (χ4n) is 3.83. The molecule has 3 rings (SSSR count). The van der Waals surface area contributed by atoms with E-state index in [2.05, 4.69) is 46.4 Å². The lowest BCUT2D eigenvalue weighted by molar-refractivity contribution is 0.183. The molecule has 1 aromatic rings. The Balaban J connectivity index is 1.56. The van der Waals surface area contributed by atoms with E-state index in [1.165, 1.54) is 50.8 Å². The van der Waals surface area contributed by atoms with Gasteiger partial charge >= 0.3 is 0 Å². The predicted octanol–water partition coefficient (Wildman–Crippen LogP) is 4.31. The first-order valence-electron chi connectivity index (χ1n) is 7.77. The van der Waals surface area contributed by atoms with Crippen molar-refractivity contribution in [2.75, 3.05) is 19.7 Å². The van der Waals surface area contributed by atoms with E-state index in [1.54, 1.807) is 0 Å². The first-order chi connectivity index (χ1) is 9.69. The van der Waals surface area contributed by atoms with Crippen LogP contribution in [-0.2, 0) is 0 Å². The van der Waals surface area contributed by atoms with Gasteiger partial charge in [-0.3, -0.25) is 0 Å². The van der Waals surface area contributed by atoms with Gasteiger partial charge in [0.05, 0.1) is 6.61 Å². The summed E-state index contributed by atoms with van der Waals surface area (Å²) in [6, 6.07) is 6.20.